The van der Waals surface area contributed by atoms with Crippen molar-refractivity contribution in [3.05, 3.63) is 80.1 Å². The van der Waals surface area contributed by atoms with Gasteiger partial charge in [0, 0.05) is 34.0 Å². The van der Waals surface area contributed by atoms with Gasteiger partial charge in [0.1, 0.15) is 11.9 Å². The maximum Gasteiger partial charge on any atom is 0.309 e. The van der Waals surface area contributed by atoms with Gasteiger partial charge < -0.3 is 5.32 Å². The first-order chi connectivity index (χ1) is 14.7. The highest BCUT2D eigenvalue weighted by Crippen LogP contribution is 2.33. The van der Waals surface area contributed by atoms with Crippen molar-refractivity contribution >= 4 is 34.7 Å². The SMILES string of the molecule is Cc1ccc(Sc2cc(NC(=O)CCn3ncc([N+](=O)[O-])c3C)cc([N+](=O)[O-])c2)cc1. The molecule has 2 aromatic carbocycles. The zero-order valence-corrected chi connectivity index (χ0v) is 17.6. The van der Waals surface area contributed by atoms with Crippen molar-refractivity contribution in [1.82, 2.24) is 9.78 Å². The predicted octanol–water partition coefficient (Wildman–Crippen LogP) is 4.50. The topological polar surface area (TPSA) is 133 Å². The Hall–Kier alpha value is -3.73. The molecule has 0 aliphatic carbocycles. The number of rotatable bonds is 8. The fourth-order valence-corrected chi connectivity index (χ4v) is 3.74. The lowest BCUT2D eigenvalue weighted by Gasteiger charge is -2.09. The highest BCUT2D eigenvalue weighted by Gasteiger charge is 2.17. The maximum atomic E-state index is 12.4. The summed E-state index contributed by atoms with van der Waals surface area (Å²) in [6.07, 6.45) is 1.14. The van der Waals surface area contributed by atoms with Crippen LogP contribution in [0, 0.1) is 34.1 Å². The Morgan fingerprint density at radius 1 is 1.06 bits per heavy atom. The zero-order chi connectivity index (χ0) is 22.5. The molecule has 0 spiro atoms. The highest BCUT2D eigenvalue weighted by atomic mass is 32.2. The molecule has 1 aromatic heterocycles. The largest absolute Gasteiger partial charge is 0.326 e. The molecule has 1 N–H and O–H groups in total. The standard InChI is InChI=1S/C20H19N5O5S/c1-13-3-5-17(6-4-13)31-18-10-15(9-16(11-18)24(27)28)22-20(26)7-8-23-14(2)19(12-21-23)25(29)30/h3-6,9-12H,7-8H2,1-2H3,(H,22,26). The number of nitro benzene ring substituents is 1. The Morgan fingerprint density at radius 2 is 1.77 bits per heavy atom. The van der Waals surface area contributed by atoms with Crippen molar-refractivity contribution in [3.8, 4) is 0 Å². The fourth-order valence-electron chi connectivity index (χ4n) is 2.83. The van der Waals surface area contributed by atoms with E-state index in [1.165, 1.54) is 28.6 Å². The van der Waals surface area contributed by atoms with E-state index < -0.39 is 9.85 Å². The van der Waals surface area contributed by atoms with Crippen LogP contribution in [0.2, 0.25) is 0 Å². The van der Waals surface area contributed by atoms with E-state index in [9.17, 15) is 25.0 Å². The van der Waals surface area contributed by atoms with E-state index >= 15 is 0 Å². The van der Waals surface area contributed by atoms with Gasteiger partial charge in [-0.3, -0.25) is 29.7 Å². The molecule has 10 nitrogen and oxygen atoms in total. The van der Waals surface area contributed by atoms with Gasteiger partial charge in [0.15, 0.2) is 0 Å². The molecule has 160 valence electrons. The van der Waals surface area contributed by atoms with Gasteiger partial charge in [-0.15, -0.1) is 0 Å². The summed E-state index contributed by atoms with van der Waals surface area (Å²) < 4.78 is 1.38. The summed E-state index contributed by atoms with van der Waals surface area (Å²) in [5, 5.41) is 28.8. The normalized spacial score (nSPS) is 10.6. The summed E-state index contributed by atoms with van der Waals surface area (Å²) in [7, 11) is 0. The van der Waals surface area contributed by atoms with Gasteiger partial charge in [0.2, 0.25) is 5.91 Å². The van der Waals surface area contributed by atoms with Crippen LogP contribution in [-0.4, -0.2) is 25.5 Å². The van der Waals surface area contributed by atoms with E-state index in [1.54, 1.807) is 13.0 Å². The second kappa shape index (κ2) is 9.39. The first kappa shape index (κ1) is 22.0. The van der Waals surface area contributed by atoms with Gasteiger partial charge in [0.05, 0.1) is 16.4 Å². The van der Waals surface area contributed by atoms with Crippen LogP contribution in [0.3, 0.4) is 0 Å². The van der Waals surface area contributed by atoms with E-state index in [1.807, 2.05) is 31.2 Å². The predicted molar refractivity (Wildman–Crippen MR) is 115 cm³/mol. The average Bonchev–Trinajstić information content (AvgIpc) is 3.08. The minimum Gasteiger partial charge on any atom is -0.326 e. The third kappa shape index (κ3) is 5.66. The monoisotopic (exact) mass is 441 g/mol. The Labute approximate surface area is 181 Å². The number of hydrogen-bond acceptors (Lipinski definition) is 7. The number of non-ortho nitro benzene ring substituents is 1. The van der Waals surface area contributed by atoms with Crippen molar-refractivity contribution in [2.75, 3.05) is 5.32 Å². The number of carbonyl (C=O) groups excluding carboxylic acids is 1. The van der Waals surface area contributed by atoms with Gasteiger partial charge in [-0.1, -0.05) is 29.5 Å². The van der Waals surface area contributed by atoms with Crippen LogP contribution in [0.4, 0.5) is 17.1 Å². The molecule has 1 amide bonds. The lowest BCUT2D eigenvalue weighted by atomic mass is 10.2. The molecule has 31 heavy (non-hydrogen) atoms. The molecule has 0 aliphatic heterocycles. The van der Waals surface area contributed by atoms with Crippen LogP contribution >= 0.6 is 11.8 Å². The van der Waals surface area contributed by atoms with Crippen LogP contribution in [0.25, 0.3) is 0 Å². The summed E-state index contributed by atoms with van der Waals surface area (Å²) >= 11 is 1.35. The molecule has 0 bridgehead atoms. The summed E-state index contributed by atoms with van der Waals surface area (Å²) in [5.74, 6) is -0.385. The first-order valence-electron chi connectivity index (χ1n) is 9.23. The molecule has 1 heterocycles. The van der Waals surface area contributed by atoms with Gasteiger partial charge in [0.25, 0.3) is 5.69 Å². The Morgan fingerprint density at radius 3 is 2.39 bits per heavy atom. The quantitative estimate of drug-likeness (QED) is 0.402. The third-order valence-corrected chi connectivity index (χ3v) is 5.45. The molecular weight excluding hydrogens is 422 g/mol. The second-order valence-electron chi connectivity index (χ2n) is 6.78. The molecule has 0 atom stereocenters. The molecular formula is C20H19N5O5S. The van der Waals surface area contributed by atoms with Crippen LogP contribution in [0.1, 0.15) is 17.7 Å². The van der Waals surface area contributed by atoms with Crippen LogP contribution < -0.4 is 5.32 Å². The third-order valence-electron chi connectivity index (χ3n) is 4.47. The summed E-state index contributed by atoms with van der Waals surface area (Å²) in [4.78, 5) is 35.1. The summed E-state index contributed by atoms with van der Waals surface area (Å²) in [5.41, 5.74) is 1.51. The number of nitro groups is 2. The highest BCUT2D eigenvalue weighted by molar-refractivity contribution is 7.99. The molecule has 0 saturated heterocycles. The van der Waals surface area contributed by atoms with Gasteiger partial charge >= 0.3 is 5.69 Å². The van der Waals surface area contributed by atoms with Crippen LogP contribution in [0.15, 0.2) is 58.5 Å². The average molecular weight is 441 g/mol. The minimum absolute atomic E-state index is 0.00278. The number of hydrogen-bond donors (Lipinski definition) is 1. The summed E-state index contributed by atoms with van der Waals surface area (Å²) in [6, 6.07) is 12.1. The Kier molecular flexibility index (Phi) is 6.65. The number of aryl methyl sites for hydroxylation is 2. The van der Waals surface area contributed by atoms with Gasteiger partial charge in [-0.2, -0.15) is 5.10 Å². The Bertz CT molecular complexity index is 1140. The lowest BCUT2D eigenvalue weighted by Crippen LogP contribution is -2.15. The molecule has 0 aliphatic rings. The molecule has 0 radical (unpaired) electrons. The number of aromatic nitrogens is 2. The van der Waals surface area contributed by atoms with Gasteiger partial charge in [-0.25, -0.2) is 0 Å². The minimum atomic E-state index is -0.532. The zero-order valence-electron chi connectivity index (χ0n) is 16.8. The first-order valence-corrected chi connectivity index (χ1v) is 10.1. The van der Waals surface area contributed by atoms with Crippen molar-refractivity contribution in [3.63, 3.8) is 0 Å². The molecule has 0 saturated carbocycles. The van der Waals surface area contributed by atoms with E-state index in [0.717, 1.165) is 16.7 Å². The van der Waals surface area contributed by atoms with E-state index in [4.69, 9.17) is 0 Å². The smallest absolute Gasteiger partial charge is 0.309 e. The second-order valence-corrected chi connectivity index (χ2v) is 7.93. The Balaban J connectivity index is 1.71. The fraction of sp³-hybridized carbons (Fsp3) is 0.200. The van der Waals surface area contributed by atoms with E-state index in [0.29, 0.717) is 16.3 Å². The van der Waals surface area contributed by atoms with E-state index in [-0.39, 0.29) is 30.2 Å². The number of amides is 1. The lowest BCUT2D eigenvalue weighted by molar-refractivity contribution is -0.385. The number of nitrogens with one attached hydrogen (secondary N) is 1. The molecule has 0 fully saturated rings. The van der Waals surface area contributed by atoms with Gasteiger partial charge in [-0.05, 0) is 32.0 Å². The maximum absolute atomic E-state index is 12.4. The van der Waals surface area contributed by atoms with Crippen molar-refractivity contribution in [1.29, 1.82) is 0 Å². The van der Waals surface area contributed by atoms with Crippen molar-refractivity contribution in [2.45, 2.75) is 36.6 Å². The number of carbonyl (C=O) groups is 1. The number of nitrogens with zero attached hydrogens (tertiary/aromatic N) is 4. The van der Waals surface area contributed by atoms with Crippen LogP contribution in [-0.2, 0) is 11.3 Å². The molecule has 3 aromatic rings. The molecule has 0 unspecified atom stereocenters. The van der Waals surface area contributed by atoms with Crippen LogP contribution in [0.5, 0.6) is 0 Å². The number of anilines is 1. The van der Waals surface area contributed by atoms with E-state index in [2.05, 4.69) is 10.4 Å². The van der Waals surface area contributed by atoms with Crippen molar-refractivity contribution < 1.29 is 14.6 Å². The summed E-state index contributed by atoms with van der Waals surface area (Å²) in [6.45, 7) is 3.67. The molecule has 11 heteroatoms. The number of benzene rings is 2. The van der Waals surface area contributed by atoms with Crippen molar-refractivity contribution in [2.24, 2.45) is 0 Å². The molecule has 3 rings (SSSR count).